The average molecular weight is 456 g/mol. The van der Waals surface area contributed by atoms with Gasteiger partial charge in [0.15, 0.2) is 11.5 Å². The molecular weight excluding hydrogens is 428 g/mol. The van der Waals surface area contributed by atoms with Crippen LogP contribution >= 0.6 is 0 Å². The highest BCUT2D eigenvalue weighted by Crippen LogP contribution is 2.43. The number of rotatable bonds is 8. The number of allylic oxidation sites excluding steroid dienone is 2. The largest absolute Gasteiger partial charge is 0.507 e. The third-order valence-electron chi connectivity index (χ3n) is 5.42. The first-order chi connectivity index (χ1) is 15.3. The van der Waals surface area contributed by atoms with E-state index in [4.69, 9.17) is 19.1 Å². The molecule has 3 rings (SSSR count). The Labute approximate surface area is 184 Å². The number of hydrogen-bond donors (Lipinski definition) is 5. The summed E-state index contributed by atoms with van der Waals surface area (Å²) in [5.74, 6) is -1.94. The second-order valence-electron chi connectivity index (χ2n) is 7.53. The number of aromatic hydroxyl groups is 2. The molecule has 2 aliphatic rings. The molecule has 0 amide bonds. The maximum Gasteiger partial charge on any atom is 0.342 e. The highest BCUT2D eigenvalue weighted by Gasteiger charge is 2.47. The molecule has 0 saturated carbocycles. The lowest BCUT2D eigenvalue weighted by Gasteiger charge is -2.40. The van der Waals surface area contributed by atoms with Crippen LogP contribution in [0.3, 0.4) is 0 Å². The fraction of sp³-hybridized carbons (Fsp3) is 0.571. The van der Waals surface area contributed by atoms with Crippen LogP contribution in [0.1, 0.15) is 35.7 Å². The number of aliphatic hydroxyl groups excluding tert-OH is 3. The normalized spacial score (nSPS) is 30.2. The van der Waals surface area contributed by atoms with Crippen LogP contribution in [0.4, 0.5) is 0 Å². The molecule has 0 bridgehead atoms. The van der Waals surface area contributed by atoms with E-state index in [9.17, 15) is 30.3 Å². The second-order valence-corrected chi connectivity index (χ2v) is 7.53. The maximum absolute atomic E-state index is 12.4. The van der Waals surface area contributed by atoms with Gasteiger partial charge in [-0.25, -0.2) is 14.6 Å². The Morgan fingerprint density at radius 1 is 1.25 bits per heavy atom. The van der Waals surface area contributed by atoms with E-state index in [2.05, 4.69) is 4.89 Å². The van der Waals surface area contributed by atoms with Gasteiger partial charge in [0.05, 0.1) is 13.7 Å². The van der Waals surface area contributed by atoms with E-state index < -0.39 is 60.9 Å². The van der Waals surface area contributed by atoms with Crippen LogP contribution in [-0.2, 0) is 25.7 Å². The zero-order chi connectivity index (χ0) is 23.4. The first-order valence-electron chi connectivity index (χ1n) is 10.2. The van der Waals surface area contributed by atoms with Crippen molar-refractivity contribution in [3.8, 4) is 17.2 Å². The number of aliphatic hydroxyl groups is 3. The summed E-state index contributed by atoms with van der Waals surface area (Å²) >= 11 is 0. The molecule has 0 spiro atoms. The molecule has 1 aromatic rings. The molecule has 0 radical (unpaired) electrons. The average Bonchev–Trinajstić information content (AvgIpc) is 2.76. The highest BCUT2D eigenvalue weighted by molar-refractivity contribution is 5.96. The lowest BCUT2D eigenvalue weighted by molar-refractivity contribution is -0.379. The molecule has 0 aromatic heterocycles. The van der Waals surface area contributed by atoms with Crippen LogP contribution in [0, 0.1) is 0 Å². The van der Waals surface area contributed by atoms with Gasteiger partial charge in [0.25, 0.3) is 0 Å². The molecule has 1 aromatic carbocycles. The number of carbonyl (C=O) groups is 1. The third kappa shape index (κ3) is 4.82. The molecule has 6 atom stereocenters. The van der Waals surface area contributed by atoms with Crippen molar-refractivity contribution in [2.24, 2.45) is 0 Å². The van der Waals surface area contributed by atoms with Gasteiger partial charge in [0.1, 0.15) is 41.8 Å². The maximum atomic E-state index is 12.4. The van der Waals surface area contributed by atoms with Crippen LogP contribution in [0.15, 0.2) is 18.2 Å². The van der Waals surface area contributed by atoms with E-state index >= 15 is 0 Å². The monoisotopic (exact) mass is 456 g/mol. The molecule has 11 heteroatoms. The minimum absolute atomic E-state index is 0.145. The molecule has 0 unspecified atom stereocenters. The third-order valence-corrected chi connectivity index (χ3v) is 5.42. The van der Waals surface area contributed by atoms with E-state index in [1.54, 1.807) is 0 Å². The summed E-state index contributed by atoms with van der Waals surface area (Å²) in [5, 5.41) is 51.3. The predicted molar refractivity (Wildman–Crippen MR) is 107 cm³/mol. The minimum atomic E-state index is -1.64. The Balaban J connectivity index is 1.84. The van der Waals surface area contributed by atoms with Crippen LogP contribution < -0.4 is 4.74 Å². The molecule has 32 heavy (non-hydrogen) atoms. The van der Waals surface area contributed by atoms with Gasteiger partial charge in [-0.3, -0.25) is 0 Å². The zero-order valence-corrected chi connectivity index (χ0v) is 17.7. The summed E-state index contributed by atoms with van der Waals surface area (Å²) < 4.78 is 16.3. The number of benzene rings is 1. The molecule has 0 aliphatic carbocycles. The van der Waals surface area contributed by atoms with Crippen molar-refractivity contribution in [1.29, 1.82) is 0 Å². The minimum Gasteiger partial charge on any atom is -0.507 e. The van der Waals surface area contributed by atoms with Crippen LogP contribution in [-0.4, -0.2) is 82.0 Å². The van der Waals surface area contributed by atoms with Crippen molar-refractivity contribution in [2.75, 3.05) is 13.7 Å². The summed E-state index contributed by atoms with van der Waals surface area (Å²) in [6.45, 7) is 1.29. The Kier molecular flexibility index (Phi) is 7.93. The van der Waals surface area contributed by atoms with Gasteiger partial charge in [-0.15, -0.1) is 0 Å². The summed E-state index contributed by atoms with van der Waals surface area (Å²) in [5.41, 5.74) is -0.0176. The molecule has 5 N–H and O–H groups in total. The SMILES string of the molecule is C/C=C/CC[C@H]1Cc2c(O)c(O[C@@H]3O[C@H](CO)[C@@H](OOC)[C@H](O)[C@H]3O)cc(O)c2C(=O)O1. The van der Waals surface area contributed by atoms with Crippen molar-refractivity contribution in [3.63, 3.8) is 0 Å². The molecule has 2 aliphatic heterocycles. The summed E-state index contributed by atoms with van der Waals surface area (Å²) in [6.07, 6.45) is -2.40. The summed E-state index contributed by atoms with van der Waals surface area (Å²) in [4.78, 5) is 21.7. The van der Waals surface area contributed by atoms with E-state index in [-0.39, 0.29) is 23.3 Å². The summed E-state index contributed by atoms with van der Waals surface area (Å²) in [6, 6.07) is 0.990. The van der Waals surface area contributed by atoms with Gasteiger partial charge in [0, 0.05) is 18.1 Å². The van der Waals surface area contributed by atoms with E-state index in [1.807, 2.05) is 19.1 Å². The number of esters is 1. The van der Waals surface area contributed by atoms with Crippen LogP contribution in [0.2, 0.25) is 0 Å². The second kappa shape index (κ2) is 10.5. The quantitative estimate of drug-likeness (QED) is 0.120. The molecule has 178 valence electrons. The van der Waals surface area contributed by atoms with Gasteiger partial charge in [-0.2, -0.15) is 0 Å². The van der Waals surface area contributed by atoms with Gasteiger partial charge in [-0.1, -0.05) is 12.2 Å². The molecule has 1 fully saturated rings. The first-order valence-corrected chi connectivity index (χ1v) is 10.2. The molecular formula is C21H28O11. The van der Waals surface area contributed by atoms with Gasteiger partial charge < -0.3 is 39.7 Å². The van der Waals surface area contributed by atoms with Crippen molar-refractivity contribution >= 4 is 5.97 Å². The fourth-order valence-corrected chi connectivity index (χ4v) is 3.80. The summed E-state index contributed by atoms with van der Waals surface area (Å²) in [7, 11) is 1.20. The number of ether oxygens (including phenoxy) is 3. The molecule has 2 heterocycles. The number of cyclic esters (lactones) is 1. The number of phenols is 2. The fourth-order valence-electron chi connectivity index (χ4n) is 3.80. The number of carbonyl (C=O) groups excluding carboxylic acids is 1. The van der Waals surface area contributed by atoms with Crippen molar-refractivity contribution in [3.05, 3.63) is 29.3 Å². The van der Waals surface area contributed by atoms with Crippen molar-refractivity contribution in [2.45, 2.75) is 63.0 Å². The van der Waals surface area contributed by atoms with Crippen molar-refractivity contribution < 1.29 is 54.3 Å². The lowest BCUT2D eigenvalue weighted by atomic mass is 9.94. The van der Waals surface area contributed by atoms with Gasteiger partial charge >= 0.3 is 5.97 Å². The smallest absolute Gasteiger partial charge is 0.342 e. The zero-order valence-electron chi connectivity index (χ0n) is 17.7. The predicted octanol–water partition coefficient (Wildman–Crippen LogP) is 0.300. The van der Waals surface area contributed by atoms with E-state index in [0.717, 1.165) is 6.07 Å². The van der Waals surface area contributed by atoms with Gasteiger partial charge in [0.2, 0.25) is 6.29 Å². The molecule has 1 saturated heterocycles. The van der Waals surface area contributed by atoms with E-state index in [0.29, 0.717) is 12.8 Å². The number of hydrogen-bond acceptors (Lipinski definition) is 11. The highest BCUT2D eigenvalue weighted by atomic mass is 17.2. The number of fused-ring (bicyclic) bond motifs is 1. The van der Waals surface area contributed by atoms with E-state index in [1.165, 1.54) is 7.11 Å². The van der Waals surface area contributed by atoms with Crippen molar-refractivity contribution in [1.82, 2.24) is 0 Å². The Bertz CT molecular complexity index is 838. The molecule has 11 nitrogen and oxygen atoms in total. The number of phenolic OH excluding ortho intramolecular Hbond substituents is 2. The standard InChI is InChI=1S/C21H28O11/c1-3-4-5-6-10-7-11-15(20(27)29-10)12(23)8-13(16(11)24)30-21-18(26)17(25)19(32-28-2)14(9-22)31-21/h3-4,8,10,14,17-19,21-26H,5-7,9H2,1-2H3/b4-3+/t10-,14+,17+,18+,19+,21+/m0/s1. The lowest BCUT2D eigenvalue weighted by Crippen LogP contribution is -2.60. The van der Waals surface area contributed by atoms with Gasteiger partial charge in [-0.05, 0) is 19.8 Å². The first kappa shape index (κ1) is 24.2. The Morgan fingerprint density at radius 3 is 2.66 bits per heavy atom. The Morgan fingerprint density at radius 2 is 2.00 bits per heavy atom. The van der Waals surface area contributed by atoms with Crippen LogP contribution in [0.5, 0.6) is 17.2 Å². The van der Waals surface area contributed by atoms with Crippen LogP contribution in [0.25, 0.3) is 0 Å². The topological polar surface area (TPSA) is 164 Å². The Hall–Kier alpha value is -2.41.